The Morgan fingerprint density at radius 3 is 2.53 bits per heavy atom. The molecule has 1 saturated carbocycles. The van der Waals surface area contributed by atoms with Crippen molar-refractivity contribution in [3.05, 3.63) is 141 Å². The van der Waals surface area contributed by atoms with Gasteiger partial charge in [0.1, 0.15) is 11.5 Å². The van der Waals surface area contributed by atoms with Crippen molar-refractivity contribution >= 4 is 27.2 Å². The van der Waals surface area contributed by atoms with E-state index in [4.69, 9.17) is 14.2 Å². The summed E-state index contributed by atoms with van der Waals surface area (Å²) in [5.41, 5.74) is 3.86. The van der Waals surface area contributed by atoms with Gasteiger partial charge in [0.15, 0.2) is 0 Å². The highest BCUT2D eigenvalue weighted by atomic mass is 32.1. The Hall–Kier alpha value is -4.35. The summed E-state index contributed by atoms with van der Waals surface area (Å²) in [5, 5.41) is 36.9. The fraction of sp³-hybridized carbons (Fsp3) is 0.420. The van der Waals surface area contributed by atoms with E-state index in [1.54, 1.807) is 14.2 Å². The van der Waals surface area contributed by atoms with Crippen LogP contribution in [0.1, 0.15) is 95.8 Å². The van der Waals surface area contributed by atoms with E-state index >= 15 is 0 Å². The minimum absolute atomic E-state index is 0.0231. The molecule has 1 heterocycles. The zero-order valence-corrected chi connectivity index (χ0v) is 35.7. The maximum atomic E-state index is 14.7. The summed E-state index contributed by atoms with van der Waals surface area (Å²) in [4.78, 5) is 17.6. The highest BCUT2D eigenvalue weighted by Crippen LogP contribution is 2.59. The van der Waals surface area contributed by atoms with Crippen LogP contribution in [0.3, 0.4) is 0 Å². The molecule has 59 heavy (non-hydrogen) atoms. The molecule has 9 heteroatoms. The molecule has 3 N–H and O–H groups in total. The number of ketones is 1. The standard InChI is InChI=1S/C50H59NO7S/c1-34-11-10-23-49(2)44(42-21-17-36(25-39(52)19-16-34)26-43(42)48(54)47-27-37-14-8-9-15-46(37)59-47)22-24-50(49,55)33-51(29-38-18-20-41(56-3)28-45(38)57-4)30-40(53)32-58-31-35-12-6-5-7-13-35/h5-9,11-15,17-18,20-21,26-28,39-40,44,52-53,55H,10,16,19,22-25,29-33H2,1-4H3/t39-,40+,44-,49-,50+/m0/s1. The van der Waals surface area contributed by atoms with Crippen molar-refractivity contribution in [3.8, 4) is 11.5 Å². The fourth-order valence-corrected chi connectivity index (χ4v) is 10.5. The third-order valence-corrected chi connectivity index (χ3v) is 13.9. The Labute approximate surface area is 353 Å². The van der Waals surface area contributed by atoms with Crippen molar-refractivity contribution in [1.82, 2.24) is 4.90 Å². The number of nitrogens with zero attached hydrogens (tertiary/aromatic N) is 1. The molecule has 1 aromatic heterocycles. The molecule has 0 amide bonds. The minimum atomic E-state index is -1.19. The first-order chi connectivity index (χ1) is 28.5. The minimum Gasteiger partial charge on any atom is -0.497 e. The molecular formula is C50H59NO7S. The Balaban J connectivity index is 1.24. The van der Waals surface area contributed by atoms with Gasteiger partial charge in [0.2, 0.25) is 5.78 Å². The fourth-order valence-electron chi connectivity index (χ4n) is 9.44. The van der Waals surface area contributed by atoms with Crippen LogP contribution in [0.4, 0.5) is 0 Å². The van der Waals surface area contributed by atoms with E-state index in [-0.39, 0.29) is 31.4 Å². The van der Waals surface area contributed by atoms with Gasteiger partial charge in [-0.3, -0.25) is 9.69 Å². The first-order valence-electron chi connectivity index (χ1n) is 20.9. The van der Waals surface area contributed by atoms with Gasteiger partial charge < -0.3 is 29.5 Å². The maximum absolute atomic E-state index is 14.7. The highest BCUT2D eigenvalue weighted by molar-refractivity contribution is 7.21. The largest absolute Gasteiger partial charge is 0.497 e. The van der Waals surface area contributed by atoms with Crippen molar-refractivity contribution < 1.29 is 34.3 Å². The van der Waals surface area contributed by atoms with Crippen LogP contribution >= 0.6 is 11.3 Å². The van der Waals surface area contributed by atoms with E-state index in [2.05, 4.69) is 37.0 Å². The molecule has 312 valence electrons. The molecule has 0 saturated heterocycles. The van der Waals surface area contributed by atoms with Crippen LogP contribution in [0.25, 0.3) is 10.1 Å². The Morgan fingerprint density at radius 2 is 1.75 bits per heavy atom. The molecule has 3 aliphatic rings. The van der Waals surface area contributed by atoms with Crippen LogP contribution in [0.2, 0.25) is 0 Å². The quantitative estimate of drug-likeness (QED) is 0.0753. The lowest BCUT2D eigenvalue weighted by atomic mass is 9.64. The molecule has 0 radical (unpaired) electrons. The molecule has 3 aliphatic carbocycles. The van der Waals surface area contributed by atoms with Gasteiger partial charge in [-0.2, -0.15) is 0 Å². The van der Waals surface area contributed by atoms with E-state index in [0.29, 0.717) is 67.2 Å². The van der Waals surface area contributed by atoms with E-state index in [1.165, 1.54) is 16.9 Å². The van der Waals surface area contributed by atoms with Gasteiger partial charge in [0.25, 0.3) is 0 Å². The molecule has 0 spiro atoms. The van der Waals surface area contributed by atoms with Gasteiger partial charge in [-0.1, -0.05) is 85.3 Å². The number of methoxy groups -OCH3 is 2. The Kier molecular flexibility index (Phi) is 13.7. The Morgan fingerprint density at radius 1 is 0.949 bits per heavy atom. The van der Waals surface area contributed by atoms with Crippen LogP contribution in [0.15, 0.2) is 109 Å². The average Bonchev–Trinajstić information content (AvgIpc) is 3.78. The van der Waals surface area contributed by atoms with E-state index < -0.39 is 23.2 Å². The second-order valence-corrected chi connectivity index (χ2v) is 18.0. The molecule has 4 aromatic carbocycles. The summed E-state index contributed by atoms with van der Waals surface area (Å²) < 4.78 is 18.4. The summed E-state index contributed by atoms with van der Waals surface area (Å²) >= 11 is 1.51. The lowest BCUT2D eigenvalue weighted by Crippen LogP contribution is -2.53. The average molecular weight is 818 g/mol. The zero-order valence-electron chi connectivity index (χ0n) is 34.9. The summed E-state index contributed by atoms with van der Waals surface area (Å²) in [7, 11) is 3.26. The first kappa shape index (κ1) is 42.8. The number of hydrogen-bond acceptors (Lipinski definition) is 9. The number of rotatable bonds is 14. The zero-order chi connectivity index (χ0) is 41.6. The highest BCUT2D eigenvalue weighted by Gasteiger charge is 2.57. The number of allylic oxidation sites excluding steroid dienone is 2. The number of fused-ring (bicyclic) bond motifs is 9. The number of thiophene rings is 1. The van der Waals surface area contributed by atoms with Crippen LogP contribution in [-0.4, -0.2) is 77.7 Å². The molecule has 5 atom stereocenters. The number of aliphatic hydroxyl groups is 3. The number of benzene rings is 4. The van der Waals surface area contributed by atoms with Crippen molar-refractivity contribution in [3.63, 3.8) is 0 Å². The van der Waals surface area contributed by atoms with Gasteiger partial charge in [0.05, 0.1) is 50.1 Å². The van der Waals surface area contributed by atoms with Gasteiger partial charge in [-0.05, 0) is 104 Å². The Bertz CT molecular complexity index is 2200. The molecule has 5 aromatic rings. The summed E-state index contributed by atoms with van der Waals surface area (Å²) in [6.45, 7) is 5.82. The van der Waals surface area contributed by atoms with Crippen LogP contribution in [-0.2, 0) is 24.3 Å². The first-order valence-corrected chi connectivity index (χ1v) is 21.8. The van der Waals surface area contributed by atoms with E-state index in [0.717, 1.165) is 45.2 Å². The lowest BCUT2D eigenvalue weighted by Gasteiger charge is -2.46. The topological polar surface area (TPSA) is 109 Å². The monoisotopic (exact) mass is 817 g/mol. The summed E-state index contributed by atoms with van der Waals surface area (Å²) in [6, 6.07) is 31.9. The number of ether oxygens (including phenoxy) is 3. The molecular weight excluding hydrogens is 759 g/mol. The van der Waals surface area contributed by atoms with Gasteiger partial charge in [-0.15, -0.1) is 11.3 Å². The third-order valence-electron chi connectivity index (χ3n) is 12.8. The van der Waals surface area contributed by atoms with Crippen molar-refractivity contribution in [2.75, 3.05) is 33.9 Å². The second kappa shape index (κ2) is 18.9. The lowest BCUT2D eigenvalue weighted by molar-refractivity contribution is -0.0924. The second-order valence-electron chi connectivity index (χ2n) is 16.9. The molecule has 2 bridgehead atoms. The van der Waals surface area contributed by atoms with Crippen LogP contribution < -0.4 is 9.47 Å². The normalized spacial score (nSPS) is 22.8. The molecule has 0 aliphatic heterocycles. The van der Waals surface area contributed by atoms with Gasteiger partial charge in [-0.25, -0.2) is 0 Å². The predicted molar refractivity (Wildman–Crippen MR) is 236 cm³/mol. The molecule has 8 nitrogen and oxygen atoms in total. The maximum Gasteiger partial charge on any atom is 0.203 e. The number of carbonyl (C=O) groups excluding carboxylic acids is 1. The van der Waals surface area contributed by atoms with Crippen molar-refractivity contribution in [1.29, 1.82) is 0 Å². The summed E-state index contributed by atoms with van der Waals surface area (Å²) in [5.74, 6) is 1.19. The molecule has 0 unspecified atom stereocenters. The van der Waals surface area contributed by atoms with E-state index in [1.807, 2.05) is 84.9 Å². The third kappa shape index (κ3) is 9.83. The van der Waals surface area contributed by atoms with Crippen LogP contribution in [0.5, 0.6) is 11.5 Å². The van der Waals surface area contributed by atoms with Gasteiger partial charge in [0, 0.05) is 46.9 Å². The number of hydrogen-bond donors (Lipinski definition) is 3. The van der Waals surface area contributed by atoms with Crippen molar-refractivity contribution in [2.45, 2.75) is 95.7 Å². The van der Waals surface area contributed by atoms with E-state index in [9.17, 15) is 20.1 Å². The number of aliphatic hydroxyl groups excluding tert-OH is 2. The van der Waals surface area contributed by atoms with Gasteiger partial charge >= 0.3 is 0 Å². The smallest absolute Gasteiger partial charge is 0.203 e. The number of carbonyl (C=O) groups is 1. The summed E-state index contributed by atoms with van der Waals surface area (Å²) in [6.07, 6.45) is 5.44. The van der Waals surface area contributed by atoms with Crippen LogP contribution in [0, 0.1) is 5.41 Å². The van der Waals surface area contributed by atoms with Crippen molar-refractivity contribution in [2.24, 2.45) is 5.41 Å². The molecule has 8 rings (SSSR count). The SMILES string of the molecule is COc1ccc(CN(C[C@@H](O)COCc2ccccc2)C[C@]2(O)CC[C@H]3c4ccc(cc4C(=O)c4cc5ccccc5s4)C[C@@H](O)CCC(C)=CCC[C@@]32C)c(OC)c1. The molecule has 1 fully saturated rings. The predicted octanol–water partition coefficient (Wildman–Crippen LogP) is 9.27.